The topological polar surface area (TPSA) is 114 Å². The van der Waals surface area contributed by atoms with Gasteiger partial charge in [0.2, 0.25) is 0 Å². The van der Waals surface area contributed by atoms with Gasteiger partial charge in [0, 0.05) is 5.56 Å². The first-order chi connectivity index (χ1) is 14.9. The van der Waals surface area contributed by atoms with Gasteiger partial charge in [0.1, 0.15) is 17.4 Å². The van der Waals surface area contributed by atoms with E-state index < -0.39 is 28.6 Å². The van der Waals surface area contributed by atoms with Gasteiger partial charge in [-0.2, -0.15) is 15.0 Å². The minimum atomic E-state index is -1.43. The number of hydrogen-bond donors (Lipinski definition) is 1. The van der Waals surface area contributed by atoms with E-state index in [0.29, 0.717) is 17.1 Å². The van der Waals surface area contributed by atoms with Gasteiger partial charge in [-0.3, -0.25) is 4.79 Å². The molecule has 1 N–H and O–H groups in total. The molecule has 31 heavy (non-hydrogen) atoms. The highest BCUT2D eigenvalue weighted by atomic mass is 19.1. The summed E-state index contributed by atoms with van der Waals surface area (Å²) in [6.45, 7) is 0. The molecule has 1 aromatic heterocycles. The second-order valence-electron chi connectivity index (χ2n) is 6.20. The number of hydrogen-bond acceptors (Lipinski definition) is 6. The molecule has 0 saturated heterocycles. The molecule has 3 aromatic rings. The summed E-state index contributed by atoms with van der Waals surface area (Å²) in [5.74, 6) is -1.01. The fraction of sp³-hybridized carbons (Fsp3) is 0.0909. The zero-order valence-corrected chi connectivity index (χ0v) is 16.5. The summed E-state index contributed by atoms with van der Waals surface area (Å²) in [5, 5.41) is 23.1. The van der Waals surface area contributed by atoms with Crippen molar-refractivity contribution in [1.29, 1.82) is 5.26 Å². The molecule has 0 unspecified atom stereocenters. The summed E-state index contributed by atoms with van der Waals surface area (Å²) in [6, 6.07) is 11.5. The maximum absolute atomic E-state index is 13.2. The van der Waals surface area contributed by atoms with Gasteiger partial charge >= 0.3 is 5.97 Å². The smallest absolute Gasteiger partial charge is 0.357 e. The number of nitriles is 1. The summed E-state index contributed by atoms with van der Waals surface area (Å²) < 4.78 is 24.4. The van der Waals surface area contributed by atoms with Crippen molar-refractivity contribution in [2.24, 2.45) is 0 Å². The number of aromatic carboxylic acids is 1. The molecule has 2 aromatic carbocycles. The Morgan fingerprint density at radius 2 is 1.81 bits per heavy atom. The Morgan fingerprint density at radius 1 is 1.13 bits per heavy atom. The van der Waals surface area contributed by atoms with Crippen LogP contribution in [0.1, 0.15) is 27.2 Å². The quantitative estimate of drug-likeness (QED) is 0.650. The van der Waals surface area contributed by atoms with Gasteiger partial charge in [-0.25, -0.2) is 9.18 Å². The average molecular weight is 421 g/mol. The maximum atomic E-state index is 13.2. The summed E-state index contributed by atoms with van der Waals surface area (Å²) in [4.78, 5) is 24.6. The number of halogens is 1. The molecule has 9 heteroatoms. The number of ether oxygens (including phenoxy) is 2. The first-order valence-electron chi connectivity index (χ1n) is 8.86. The van der Waals surface area contributed by atoms with Crippen molar-refractivity contribution in [3.63, 3.8) is 0 Å². The predicted molar refractivity (Wildman–Crippen MR) is 110 cm³/mol. The molecule has 0 radical (unpaired) electrons. The number of carboxylic acids is 1. The van der Waals surface area contributed by atoms with E-state index in [-0.39, 0.29) is 11.3 Å². The number of carboxylic acid groups (broad SMARTS) is 1. The van der Waals surface area contributed by atoms with E-state index in [4.69, 9.17) is 9.47 Å². The van der Waals surface area contributed by atoms with Crippen LogP contribution in [0, 0.1) is 17.1 Å². The molecule has 0 spiro atoms. The summed E-state index contributed by atoms with van der Waals surface area (Å²) in [5.41, 5.74) is -1.15. The van der Waals surface area contributed by atoms with Crippen LogP contribution in [0.25, 0.3) is 17.8 Å². The zero-order chi connectivity index (χ0) is 22.5. The van der Waals surface area contributed by atoms with Crippen molar-refractivity contribution in [3.05, 3.63) is 81.0 Å². The Labute approximate surface area is 176 Å². The van der Waals surface area contributed by atoms with E-state index in [9.17, 15) is 24.3 Å². The van der Waals surface area contributed by atoms with Crippen LogP contribution < -0.4 is 15.0 Å². The van der Waals surface area contributed by atoms with E-state index >= 15 is 0 Å². The second-order valence-corrected chi connectivity index (χ2v) is 6.20. The number of nitrogens with zero attached hydrogens (tertiary/aromatic N) is 3. The lowest BCUT2D eigenvalue weighted by atomic mass is 10.1. The summed E-state index contributed by atoms with van der Waals surface area (Å²) >= 11 is 0. The first kappa shape index (κ1) is 21.3. The highest BCUT2D eigenvalue weighted by Gasteiger charge is 2.21. The molecule has 0 saturated carbocycles. The molecule has 0 atom stereocenters. The fourth-order valence-corrected chi connectivity index (χ4v) is 2.86. The Balaban J connectivity index is 2.16. The molecule has 1 heterocycles. The van der Waals surface area contributed by atoms with E-state index in [2.05, 4.69) is 5.10 Å². The Hall–Kier alpha value is -4.45. The highest BCUT2D eigenvalue weighted by molar-refractivity contribution is 5.92. The lowest BCUT2D eigenvalue weighted by Gasteiger charge is -2.10. The summed E-state index contributed by atoms with van der Waals surface area (Å²) in [7, 11) is 2.97. The van der Waals surface area contributed by atoms with Crippen LogP contribution in [-0.2, 0) is 0 Å². The van der Waals surface area contributed by atoms with E-state index in [1.807, 2.05) is 0 Å². The van der Waals surface area contributed by atoms with Crippen molar-refractivity contribution >= 4 is 18.1 Å². The third kappa shape index (κ3) is 4.28. The van der Waals surface area contributed by atoms with E-state index in [1.54, 1.807) is 24.3 Å². The van der Waals surface area contributed by atoms with Gasteiger partial charge < -0.3 is 14.6 Å². The third-order valence-corrected chi connectivity index (χ3v) is 4.37. The second kappa shape index (κ2) is 8.92. The molecule has 0 amide bonds. The van der Waals surface area contributed by atoms with Crippen molar-refractivity contribution in [3.8, 4) is 23.3 Å². The molecular formula is C22H16FN3O5. The molecule has 0 aliphatic rings. The van der Waals surface area contributed by atoms with Crippen LogP contribution in [0.5, 0.6) is 11.5 Å². The highest BCUT2D eigenvalue weighted by Crippen LogP contribution is 2.28. The van der Waals surface area contributed by atoms with E-state index in [1.165, 1.54) is 38.5 Å². The van der Waals surface area contributed by atoms with Crippen molar-refractivity contribution < 1.29 is 23.8 Å². The lowest BCUT2D eigenvalue weighted by molar-refractivity contribution is 0.0688. The van der Waals surface area contributed by atoms with Crippen LogP contribution in [-0.4, -0.2) is 35.1 Å². The number of rotatable bonds is 6. The van der Waals surface area contributed by atoms with Crippen LogP contribution in [0.2, 0.25) is 0 Å². The summed E-state index contributed by atoms with van der Waals surface area (Å²) in [6.07, 6.45) is 2.85. The van der Waals surface area contributed by atoms with Gasteiger partial charge in [-0.15, -0.1) is 0 Å². The third-order valence-electron chi connectivity index (χ3n) is 4.37. The Morgan fingerprint density at radius 3 is 2.39 bits per heavy atom. The van der Waals surface area contributed by atoms with E-state index in [0.717, 1.165) is 16.8 Å². The number of benzene rings is 2. The number of methoxy groups -OCH3 is 2. The largest absolute Gasteiger partial charge is 0.493 e. The van der Waals surface area contributed by atoms with Crippen molar-refractivity contribution in [2.45, 2.75) is 0 Å². The van der Waals surface area contributed by atoms with Gasteiger partial charge in [0.25, 0.3) is 5.56 Å². The van der Waals surface area contributed by atoms with Gasteiger partial charge in [-0.05, 0) is 42.0 Å². The monoisotopic (exact) mass is 421 g/mol. The number of carbonyl (C=O) groups is 1. The molecule has 0 bridgehead atoms. The molecule has 0 aliphatic heterocycles. The van der Waals surface area contributed by atoms with Crippen LogP contribution in [0.3, 0.4) is 0 Å². The predicted octanol–water partition coefficient (Wildman–Crippen LogP) is 3.13. The minimum absolute atomic E-state index is 0.126. The molecule has 3 rings (SSSR count). The SMILES string of the molecule is COc1ccc(/C=C\c2c(C(=O)O)nn(-c3ccc(F)cc3)c(=O)c2C#N)cc1OC. The fourth-order valence-electron chi connectivity index (χ4n) is 2.86. The van der Waals surface area contributed by atoms with Crippen molar-refractivity contribution in [1.82, 2.24) is 9.78 Å². The Bertz CT molecular complexity index is 1270. The van der Waals surface area contributed by atoms with Crippen LogP contribution >= 0.6 is 0 Å². The van der Waals surface area contributed by atoms with Gasteiger partial charge in [0.05, 0.1) is 19.9 Å². The first-order valence-corrected chi connectivity index (χ1v) is 8.86. The maximum Gasteiger partial charge on any atom is 0.357 e. The Kier molecular flexibility index (Phi) is 6.12. The van der Waals surface area contributed by atoms with Crippen molar-refractivity contribution in [2.75, 3.05) is 14.2 Å². The van der Waals surface area contributed by atoms with Gasteiger partial charge in [0.15, 0.2) is 17.2 Å². The molecular weight excluding hydrogens is 405 g/mol. The number of aromatic nitrogens is 2. The van der Waals surface area contributed by atoms with Gasteiger partial charge in [-0.1, -0.05) is 18.2 Å². The zero-order valence-electron chi connectivity index (χ0n) is 16.5. The molecule has 0 fully saturated rings. The average Bonchev–Trinajstić information content (AvgIpc) is 2.77. The molecule has 0 aliphatic carbocycles. The molecule has 8 nitrogen and oxygen atoms in total. The van der Waals surface area contributed by atoms with Crippen LogP contribution in [0.15, 0.2) is 47.3 Å². The van der Waals surface area contributed by atoms with Crippen LogP contribution in [0.4, 0.5) is 4.39 Å². The standard InChI is InChI=1S/C22H16FN3O5/c1-30-18-10-4-13(11-19(18)31-2)3-9-16-17(12-24)21(27)26(25-20(16)22(28)29)15-7-5-14(23)6-8-15/h3-11H,1-2H3,(H,28,29)/b9-3-. The lowest BCUT2D eigenvalue weighted by Crippen LogP contribution is -2.28. The minimum Gasteiger partial charge on any atom is -0.493 e. The molecule has 156 valence electrons. The normalized spacial score (nSPS) is 10.6.